The summed E-state index contributed by atoms with van der Waals surface area (Å²) in [7, 11) is 1.95. The predicted molar refractivity (Wildman–Crippen MR) is 110 cm³/mol. The Kier molecular flexibility index (Phi) is 7.68. The van der Waals surface area contributed by atoms with Gasteiger partial charge >= 0.3 is 0 Å². The number of piperidine rings is 1. The largest absolute Gasteiger partial charge is 0.339 e. The van der Waals surface area contributed by atoms with Crippen molar-refractivity contribution in [3.05, 3.63) is 35.4 Å². The zero-order chi connectivity index (χ0) is 18.7. The third kappa shape index (κ3) is 4.64. The molecule has 1 fully saturated rings. The molecule has 6 heteroatoms. The normalized spacial score (nSPS) is 23.2. The van der Waals surface area contributed by atoms with E-state index in [9.17, 15) is 9.59 Å². The highest BCUT2D eigenvalue weighted by Gasteiger charge is 2.38. The topological polar surface area (TPSA) is 52.7 Å². The Morgan fingerprint density at radius 2 is 1.96 bits per heavy atom. The fraction of sp³-hybridized carbons (Fsp3) is 0.619. The minimum absolute atomic E-state index is 0. The maximum Gasteiger partial charge on any atom is 0.245 e. The van der Waals surface area contributed by atoms with Crippen molar-refractivity contribution in [1.29, 1.82) is 0 Å². The minimum atomic E-state index is -0.373. The number of nitrogens with one attached hydrogen (secondary N) is 1. The third-order valence-electron chi connectivity index (χ3n) is 5.99. The van der Waals surface area contributed by atoms with Crippen LogP contribution in [0, 0.1) is 5.92 Å². The second-order valence-corrected chi connectivity index (χ2v) is 7.68. The van der Waals surface area contributed by atoms with E-state index in [1.165, 1.54) is 11.1 Å². The first-order valence-corrected chi connectivity index (χ1v) is 9.88. The monoisotopic (exact) mass is 393 g/mol. The van der Waals surface area contributed by atoms with Crippen LogP contribution < -0.4 is 5.32 Å². The second-order valence-electron chi connectivity index (χ2n) is 7.68. The van der Waals surface area contributed by atoms with Crippen molar-refractivity contribution < 1.29 is 9.59 Å². The van der Waals surface area contributed by atoms with Gasteiger partial charge in [0.2, 0.25) is 11.8 Å². The van der Waals surface area contributed by atoms with Crippen LogP contribution in [-0.4, -0.2) is 53.8 Å². The van der Waals surface area contributed by atoms with Crippen molar-refractivity contribution in [3.63, 3.8) is 0 Å². The van der Waals surface area contributed by atoms with Crippen LogP contribution in [0.5, 0.6) is 0 Å². The Morgan fingerprint density at radius 3 is 2.63 bits per heavy atom. The average Bonchev–Trinajstić information content (AvgIpc) is 2.71. The van der Waals surface area contributed by atoms with Gasteiger partial charge < -0.3 is 15.1 Å². The van der Waals surface area contributed by atoms with Gasteiger partial charge in [-0.3, -0.25) is 9.59 Å². The molecule has 27 heavy (non-hydrogen) atoms. The van der Waals surface area contributed by atoms with E-state index >= 15 is 0 Å². The molecule has 3 atom stereocenters. The number of hydrogen-bond donors (Lipinski definition) is 1. The highest BCUT2D eigenvalue weighted by molar-refractivity contribution is 5.89. The number of likely N-dealkylation sites (N-methyl/N-ethyl adjacent to an activating group) is 1. The Balaban J connectivity index is 0.00000261. The zero-order valence-corrected chi connectivity index (χ0v) is 17.4. The van der Waals surface area contributed by atoms with E-state index in [4.69, 9.17) is 0 Å². The summed E-state index contributed by atoms with van der Waals surface area (Å²) < 4.78 is 0. The summed E-state index contributed by atoms with van der Waals surface area (Å²) in [6.07, 6.45) is 3.53. The summed E-state index contributed by atoms with van der Waals surface area (Å²) in [5, 5.41) is 3.29. The van der Waals surface area contributed by atoms with Gasteiger partial charge in [-0.2, -0.15) is 0 Å². The summed E-state index contributed by atoms with van der Waals surface area (Å²) in [5.41, 5.74) is 2.36. The highest BCUT2D eigenvalue weighted by atomic mass is 35.5. The molecule has 0 bridgehead atoms. The van der Waals surface area contributed by atoms with E-state index in [2.05, 4.69) is 17.4 Å². The predicted octanol–water partition coefficient (Wildman–Crippen LogP) is 2.62. The van der Waals surface area contributed by atoms with Crippen molar-refractivity contribution in [1.82, 2.24) is 15.1 Å². The van der Waals surface area contributed by atoms with Crippen LogP contribution >= 0.6 is 12.4 Å². The molecule has 1 aromatic carbocycles. The Morgan fingerprint density at radius 1 is 1.26 bits per heavy atom. The van der Waals surface area contributed by atoms with Crippen molar-refractivity contribution in [2.45, 2.75) is 58.2 Å². The van der Waals surface area contributed by atoms with Crippen molar-refractivity contribution >= 4 is 24.2 Å². The SMILES string of the molecule is CCC(C)C(=O)N1Cc2ccccc2CC1C(=O)N1CCCC(NC)C1.Cl. The number of amides is 2. The molecular weight excluding hydrogens is 362 g/mol. The second kappa shape index (κ2) is 9.56. The van der Waals surface area contributed by atoms with Gasteiger partial charge in [-0.05, 0) is 37.4 Å². The fourth-order valence-corrected chi connectivity index (χ4v) is 4.06. The quantitative estimate of drug-likeness (QED) is 0.855. The van der Waals surface area contributed by atoms with Crippen molar-refractivity contribution in [2.24, 2.45) is 5.92 Å². The first-order chi connectivity index (χ1) is 12.5. The molecular formula is C21H32ClN3O2. The van der Waals surface area contributed by atoms with E-state index in [1.54, 1.807) is 0 Å². The Labute approximate surface area is 168 Å². The lowest BCUT2D eigenvalue weighted by Crippen LogP contribution is -2.57. The van der Waals surface area contributed by atoms with Gasteiger partial charge in [-0.1, -0.05) is 38.1 Å². The molecule has 2 heterocycles. The van der Waals surface area contributed by atoms with E-state index in [0.717, 1.165) is 32.4 Å². The summed E-state index contributed by atoms with van der Waals surface area (Å²) in [6, 6.07) is 8.17. The first kappa shape index (κ1) is 21.7. The van der Waals surface area contributed by atoms with Crippen LogP contribution in [0.3, 0.4) is 0 Å². The van der Waals surface area contributed by atoms with Crippen molar-refractivity contribution in [3.8, 4) is 0 Å². The summed E-state index contributed by atoms with van der Waals surface area (Å²) in [6.45, 7) is 6.06. The number of hydrogen-bond acceptors (Lipinski definition) is 3. The van der Waals surface area contributed by atoms with Gasteiger partial charge in [0.1, 0.15) is 6.04 Å². The summed E-state index contributed by atoms with van der Waals surface area (Å²) >= 11 is 0. The van der Waals surface area contributed by atoms with E-state index in [1.807, 2.05) is 42.8 Å². The molecule has 5 nitrogen and oxygen atoms in total. The molecule has 1 aromatic rings. The van der Waals surface area contributed by atoms with Crippen LogP contribution in [0.25, 0.3) is 0 Å². The molecule has 2 aliphatic heterocycles. The molecule has 0 saturated carbocycles. The van der Waals surface area contributed by atoms with Gasteiger partial charge in [0.05, 0.1) is 0 Å². The van der Waals surface area contributed by atoms with Crippen LogP contribution in [-0.2, 0) is 22.6 Å². The fourth-order valence-electron chi connectivity index (χ4n) is 4.06. The molecule has 3 rings (SSSR count). The lowest BCUT2D eigenvalue weighted by molar-refractivity contribution is -0.150. The van der Waals surface area contributed by atoms with Crippen LogP contribution in [0.2, 0.25) is 0 Å². The van der Waals surface area contributed by atoms with Crippen LogP contribution in [0.1, 0.15) is 44.2 Å². The minimum Gasteiger partial charge on any atom is -0.339 e. The lowest BCUT2D eigenvalue weighted by Gasteiger charge is -2.41. The molecule has 0 radical (unpaired) electrons. The molecule has 1 saturated heterocycles. The number of likely N-dealkylation sites (tertiary alicyclic amines) is 1. The van der Waals surface area contributed by atoms with Crippen LogP contribution in [0.4, 0.5) is 0 Å². The highest BCUT2D eigenvalue weighted by Crippen LogP contribution is 2.27. The van der Waals surface area contributed by atoms with E-state index in [0.29, 0.717) is 19.0 Å². The lowest BCUT2D eigenvalue weighted by atomic mass is 9.91. The standard InChI is InChI=1S/C21H31N3O2.ClH/c1-4-15(2)20(25)24-13-17-9-6-5-8-16(17)12-19(24)21(26)23-11-7-10-18(14-23)22-3;/h5-6,8-9,15,18-19,22H,4,7,10-14H2,1-3H3;1H. The molecule has 1 N–H and O–H groups in total. The van der Waals surface area contributed by atoms with Gasteiger partial charge in [0.15, 0.2) is 0 Å². The van der Waals surface area contributed by atoms with E-state index < -0.39 is 0 Å². The molecule has 0 aliphatic carbocycles. The molecule has 2 aliphatic rings. The zero-order valence-electron chi connectivity index (χ0n) is 16.6. The van der Waals surface area contributed by atoms with E-state index in [-0.39, 0.29) is 36.2 Å². The first-order valence-electron chi connectivity index (χ1n) is 9.88. The maximum absolute atomic E-state index is 13.4. The van der Waals surface area contributed by atoms with Crippen molar-refractivity contribution in [2.75, 3.05) is 20.1 Å². The smallest absolute Gasteiger partial charge is 0.245 e. The molecule has 150 valence electrons. The van der Waals surface area contributed by atoms with Gasteiger partial charge in [-0.25, -0.2) is 0 Å². The maximum atomic E-state index is 13.4. The van der Waals surface area contributed by atoms with Gasteiger partial charge in [0.25, 0.3) is 0 Å². The van der Waals surface area contributed by atoms with Gasteiger partial charge in [-0.15, -0.1) is 12.4 Å². The average molecular weight is 394 g/mol. The molecule has 3 unspecified atom stereocenters. The number of fused-ring (bicyclic) bond motifs is 1. The van der Waals surface area contributed by atoms with Crippen LogP contribution in [0.15, 0.2) is 24.3 Å². The number of rotatable bonds is 4. The molecule has 2 amide bonds. The number of carbonyl (C=O) groups is 2. The Hall–Kier alpha value is -1.59. The number of carbonyl (C=O) groups excluding carboxylic acids is 2. The number of benzene rings is 1. The third-order valence-corrected chi connectivity index (χ3v) is 5.99. The van der Waals surface area contributed by atoms with Gasteiger partial charge in [0, 0.05) is 38.0 Å². The Bertz CT molecular complexity index is 667. The summed E-state index contributed by atoms with van der Waals surface area (Å²) in [5.74, 6) is 0.153. The number of nitrogens with zero attached hydrogens (tertiary/aromatic N) is 2. The summed E-state index contributed by atoms with van der Waals surface area (Å²) in [4.78, 5) is 30.1. The molecule has 0 spiro atoms. The number of halogens is 1. The molecule has 0 aromatic heterocycles.